The number of hydrogen-bond donors (Lipinski definition) is 1. The molecular weight excluding hydrogens is 246 g/mol. The summed E-state index contributed by atoms with van der Waals surface area (Å²) in [5.74, 6) is 0. The molecule has 2 rings (SSSR count). The van der Waals surface area contributed by atoms with Crippen LogP contribution in [-0.4, -0.2) is 15.0 Å². The van der Waals surface area contributed by atoms with Crippen LogP contribution in [0.15, 0.2) is 53.4 Å². The number of sulfonamides is 1. The summed E-state index contributed by atoms with van der Waals surface area (Å²) in [4.78, 5) is 0.286. The quantitative estimate of drug-likeness (QED) is 0.917. The summed E-state index contributed by atoms with van der Waals surface area (Å²) in [6, 6.07) is 17.3. The molecule has 0 bridgehead atoms. The van der Waals surface area contributed by atoms with Gasteiger partial charge >= 0.3 is 0 Å². The van der Waals surface area contributed by atoms with E-state index in [1.807, 2.05) is 24.3 Å². The molecule has 0 spiro atoms. The first-order chi connectivity index (χ1) is 8.65. The normalized spacial score (nSPS) is 11.4. The maximum Gasteiger partial charge on any atom is 0.241 e. The standard InChI is InChI=1S/C14H14NO2S/c1-2-15-18(16,17)14-11-7-6-10-13(14)12-8-4-3-5-9-12/h3-8,10-11,15H,2H2,1H3. The second-order valence-electron chi connectivity index (χ2n) is 3.77. The van der Waals surface area contributed by atoms with E-state index < -0.39 is 10.0 Å². The van der Waals surface area contributed by atoms with Crippen molar-refractivity contribution in [2.45, 2.75) is 11.8 Å². The highest BCUT2D eigenvalue weighted by Crippen LogP contribution is 2.26. The second kappa shape index (κ2) is 5.33. The lowest BCUT2D eigenvalue weighted by Crippen LogP contribution is -2.23. The van der Waals surface area contributed by atoms with Crippen LogP contribution in [0.25, 0.3) is 11.1 Å². The van der Waals surface area contributed by atoms with Crippen LogP contribution in [0.3, 0.4) is 0 Å². The van der Waals surface area contributed by atoms with Gasteiger partial charge in [-0.2, -0.15) is 0 Å². The topological polar surface area (TPSA) is 46.2 Å². The van der Waals surface area contributed by atoms with Crippen LogP contribution in [0.5, 0.6) is 0 Å². The van der Waals surface area contributed by atoms with Crippen LogP contribution >= 0.6 is 0 Å². The molecule has 4 heteroatoms. The number of hydrogen-bond acceptors (Lipinski definition) is 2. The van der Waals surface area contributed by atoms with E-state index in [9.17, 15) is 8.42 Å². The first-order valence-corrected chi connectivity index (χ1v) is 7.19. The van der Waals surface area contributed by atoms with Gasteiger partial charge in [-0.25, -0.2) is 13.1 Å². The molecule has 3 nitrogen and oxygen atoms in total. The minimum atomic E-state index is -3.46. The summed E-state index contributed by atoms with van der Waals surface area (Å²) in [7, 11) is -3.46. The molecular formula is C14H14NO2S. The van der Waals surface area contributed by atoms with Crippen molar-refractivity contribution in [3.63, 3.8) is 0 Å². The maximum absolute atomic E-state index is 12.1. The van der Waals surface area contributed by atoms with E-state index in [0.717, 1.165) is 5.56 Å². The van der Waals surface area contributed by atoms with Gasteiger partial charge in [0.2, 0.25) is 10.0 Å². The molecule has 1 radical (unpaired) electrons. The summed E-state index contributed by atoms with van der Waals surface area (Å²) in [6.07, 6.45) is 0. The highest BCUT2D eigenvalue weighted by atomic mass is 32.2. The minimum absolute atomic E-state index is 0.286. The van der Waals surface area contributed by atoms with E-state index in [2.05, 4.69) is 10.8 Å². The average Bonchev–Trinajstić information content (AvgIpc) is 2.40. The molecule has 0 aliphatic heterocycles. The average molecular weight is 260 g/mol. The molecule has 18 heavy (non-hydrogen) atoms. The van der Waals surface area contributed by atoms with Crippen LogP contribution in [0.2, 0.25) is 0 Å². The summed E-state index contributed by atoms with van der Waals surface area (Å²) in [6.45, 7) is 2.13. The fraction of sp³-hybridized carbons (Fsp3) is 0.143. The Morgan fingerprint density at radius 1 is 1.11 bits per heavy atom. The molecule has 0 amide bonds. The Labute approximate surface area is 108 Å². The Kier molecular flexibility index (Phi) is 3.79. The third-order valence-corrected chi connectivity index (χ3v) is 4.11. The number of rotatable bonds is 4. The Morgan fingerprint density at radius 3 is 2.50 bits per heavy atom. The van der Waals surface area contributed by atoms with Crippen molar-refractivity contribution in [1.29, 1.82) is 0 Å². The summed E-state index contributed by atoms with van der Waals surface area (Å²) >= 11 is 0. The maximum atomic E-state index is 12.1. The van der Waals surface area contributed by atoms with Crippen molar-refractivity contribution in [3.05, 3.63) is 54.6 Å². The Hall–Kier alpha value is -1.65. The monoisotopic (exact) mass is 260 g/mol. The van der Waals surface area contributed by atoms with Gasteiger partial charge in [0, 0.05) is 12.1 Å². The van der Waals surface area contributed by atoms with E-state index in [4.69, 9.17) is 0 Å². The molecule has 93 valence electrons. The lowest BCUT2D eigenvalue weighted by Gasteiger charge is -2.10. The summed E-state index contributed by atoms with van der Waals surface area (Å²) < 4.78 is 26.7. The lowest BCUT2D eigenvalue weighted by atomic mass is 10.1. The zero-order valence-corrected chi connectivity index (χ0v) is 10.9. The fourth-order valence-corrected chi connectivity index (χ4v) is 3.01. The highest BCUT2D eigenvalue weighted by Gasteiger charge is 2.17. The molecule has 0 aliphatic carbocycles. The van der Waals surface area contributed by atoms with Crippen molar-refractivity contribution in [2.75, 3.05) is 6.54 Å². The van der Waals surface area contributed by atoms with E-state index in [0.29, 0.717) is 12.1 Å². The molecule has 1 N–H and O–H groups in total. The van der Waals surface area contributed by atoms with Gasteiger partial charge in [-0.3, -0.25) is 0 Å². The van der Waals surface area contributed by atoms with Crippen molar-refractivity contribution in [2.24, 2.45) is 0 Å². The third kappa shape index (κ3) is 2.60. The zero-order valence-electron chi connectivity index (χ0n) is 10.1. The lowest BCUT2D eigenvalue weighted by molar-refractivity contribution is 0.584. The third-order valence-electron chi connectivity index (χ3n) is 2.51. The second-order valence-corrected chi connectivity index (χ2v) is 5.51. The van der Waals surface area contributed by atoms with Gasteiger partial charge in [-0.05, 0) is 17.7 Å². The fourth-order valence-electron chi connectivity index (χ4n) is 1.75. The van der Waals surface area contributed by atoms with E-state index >= 15 is 0 Å². The molecule has 0 fully saturated rings. The molecule has 2 aromatic carbocycles. The van der Waals surface area contributed by atoms with Gasteiger partial charge in [-0.15, -0.1) is 0 Å². The van der Waals surface area contributed by atoms with Crippen LogP contribution < -0.4 is 4.72 Å². The minimum Gasteiger partial charge on any atom is -0.211 e. The highest BCUT2D eigenvalue weighted by molar-refractivity contribution is 7.89. The molecule has 0 heterocycles. The van der Waals surface area contributed by atoms with Gasteiger partial charge in [0.25, 0.3) is 0 Å². The van der Waals surface area contributed by atoms with Crippen molar-refractivity contribution >= 4 is 10.0 Å². The van der Waals surface area contributed by atoms with Crippen LogP contribution in [0, 0.1) is 6.07 Å². The van der Waals surface area contributed by atoms with Gasteiger partial charge in [0.15, 0.2) is 0 Å². The molecule has 0 atom stereocenters. The first kappa shape index (κ1) is 12.8. The first-order valence-electron chi connectivity index (χ1n) is 5.71. The molecule has 0 aromatic heterocycles. The number of benzene rings is 2. The zero-order chi connectivity index (χ0) is 13.0. The van der Waals surface area contributed by atoms with Crippen molar-refractivity contribution < 1.29 is 8.42 Å². The van der Waals surface area contributed by atoms with Crippen LogP contribution in [0.4, 0.5) is 0 Å². The van der Waals surface area contributed by atoms with Crippen molar-refractivity contribution in [1.82, 2.24) is 4.72 Å². The van der Waals surface area contributed by atoms with Crippen molar-refractivity contribution in [3.8, 4) is 11.1 Å². The smallest absolute Gasteiger partial charge is 0.211 e. The molecule has 2 aromatic rings. The summed E-state index contributed by atoms with van der Waals surface area (Å²) in [5, 5.41) is 0. The molecule has 0 saturated heterocycles. The molecule has 0 aliphatic rings. The summed E-state index contributed by atoms with van der Waals surface area (Å²) in [5.41, 5.74) is 1.44. The Balaban J connectivity index is 2.58. The Bertz CT molecular complexity index is 621. The Morgan fingerprint density at radius 2 is 1.83 bits per heavy atom. The number of nitrogens with one attached hydrogen (secondary N) is 1. The predicted octanol–water partition coefficient (Wildman–Crippen LogP) is 2.45. The van der Waals surface area contributed by atoms with E-state index in [-0.39, 0.29) is 4.90 Å². The predicted molar refractivity (Wildman–Crippen MR) is 71.6 cm³/mol. The largest absolute Gasteiger partial charge is 0.241 e. The van der Waals surface area contributed by atoms with Gasteiger partial charge in [-0.1, -0.05) is 49.4 Å². The molecule has 0 unspecified atom stereocenters. The van der Waals surface area contributed by atoms with E-state index in [1.165, 1.54) is 0 Å². The van der Waals surface area contributed by atoms with Gasteiger partial charge in [0.05, 0.1) is 4.90 Å². The molecule has 0 saturated carbocycles. The van der Waals surface area contributed by atoms with Gasteiger partial charge in [0.1, 0.15) is 0 Å². The van der Waals surface area contributed by atoms with Gasteiger partial charge < -0.3 is 0 Å². The van der Waals surface area contributed by atoms with E-state index in [1.54, 1.807) is 31.2 Å². The van der Waals surface area contributed by atoms with Crippen LogP contribution in [0.1, 0.15) is 6.92 Å². The SMILES string of the molecule is CCNS(=O)(=O)c1ccccc1-c1[c]cccc1. The van der Waals surface area contributed by atoms with Crippen LogP contribution in [-0.2, 0) is 10.0 Å².